The third-order valence-electron chi connectivity index (χ3n) is 5.77. The molecule has 1 unspecified atom stereocenters. The van der Waals surface area contributed by atoms with Crippen molar-refractivity contribution in [2.45, 2.75) is 33.2 Å². The molecule has 7 nitrogen and oxygen atoms in total. The first-order valence-electron chi connectivity index (χ1n) is 12.0. The van der Waals surface area contributed by atoms with Gasteiger partial charge in [0, 0.05) is 26.5 Å². The average molecular weight is 495 g/mol. The Kier molecular flexibility index (Phi) is 10.1. The maximum Gasteiger partial charge on any atom is 0.168 e. The average Bonchev–Trinajstić information content (AvgIpc) is 3.33. The molecule has 0 saturated heterocycles. The summed E-state index contributed by atoms with van der Waals surface area (Å²) in [4.78, 5) is 11.9. The number of amidine groups is 1. The number of rotatable bonds is 12. The molecule has 0 radical (unpaired) electrons. The fraction of sp³-hybridized carbons (Fsp3) is 0.357. The number of aromatic nitrogens is 2. The summed E-state index contributed by atoms with van der Waals surface area (Å²) in [5.74, 6) is 1.13. The lowest BCUT2D eigenvalue weighted by atomic mass is 10.1. The molecule has 192 valence electrons. The van der Waals surface area contributed by atoms with Crippen LogP contribution in [-0.2, 0) is 9.57 Å². The zero-order valence-corrected chi connectivity index (χ0v) is 21.6. The lowest BCUT2D eigenvalue weighted by Crippen LogP contribution is -2.34. The highest BCUT2D eigenvalue weighted by Crippen LogP contribution is 2.26. The standard InChI is InChI=1S/C28H35FN4O3/c1-6-36-31-28(33(16-7-17-34-4)22(3)24-10-12-25(29)13-11-24)15-9-23-8-14-26(27(18-23)35-5)32-19-21(2)30-20-32/h8-15,18-20,22H,6-7,16-17H2,1-5H3. The zero-order valence-electron chi connectivity index (χ0n) is 21.6. The molecule has 3 rings (SSSR count). The van der Waals surface area contributed by atoms with Crippen LogP contribution in [0.4, 0.5) is 4.39 Å². The third-order valence-corrected chi connectivity index (χ3v) is 5.77. The van der Waals surface area contributed by atoms with Gasteiger partial charge in [-0.1, -0.05) is 29.4 Å². The van der Waals surface area contributed by atoms with Crippen LogP contribution < -0.4 is 4.74 Å². The van der Waals surface area contributed by atoms with E-state index in [4.69, 9.17) is 14.3 Å². The van der Waals surface area contributed by atoms with Crippen LogP contribution in [0.2, 0.25) is 0 Å². The monoisotopic (exact) mass is 494 g/mol. The van der Waals surface area contributed by atoms with Crippen molar-refractivity contribution in [1.29, 1.82) is 0 Å². The SMILES string of the molecule is CCON=C(C=Cc1ccc(-n2cnc(C)c2)c(OC)c1)N(CCCOC)C(C)c1ccc(F)cc1. The number of methoxy groups -OCH3 is 2. The number of imidazole rings is 1. The second kappa shape index (κ2) is 13.4. The van der Waals surface area contributed by atoms with E-state index in [1.54, 1.807) is 32.7 Å². The van der Waals surface area contributed by atoms with Gasteiger partial charge in [0.25, 0.3) is 0 Å². The predicted molar refractivity (Wildman–Crippen MR) is 141 cm³/mol. The van der Waals surface area contributed by atoms with Gasteiger partial charge in [-0.15, -0.1) is 0 Å². The molecule has 0 N–H and O–H groups in total. The molecule has 3 aromatic rings. The molecular formula is C28H35FN4O3. The molecule has 2 aromatic carbocycles. The molecular weight excluding hydrogens is 459 g/mol. The summed E-state index contributed by atoms with van der Waals surface area (Å²) in [6.45, 7) is 7.66. The van der Waals surface area contributed by atoms with Crippen molar-refractivity contribution in [2.75, 3.05) is 34.0 Å². The Morgan fingerprint density at radius 2 is 1.97 bits per heavy atom. The second-order valence-corrected chi connectivity index (χ2v) is 8.32. The summed E-state index contributed by atoms with van der Waals surface area (Å²) >= 11 is 0. The lowest BCUT2D eigenvalue weighted by Gasteiger charge is -2.31. The summed E-state index contributed by atoms with van der Waals surface area (Å²) in [5, 5.41) is 4.41. The second-order valence-electron chi connectivity index (χ2n) is 8.32. The number of benzene rings is 2. The topological polar surface area (TPSA) is 61.1 Å². The molecule has 0 saturated carbocycles. The molecule has 1 heterocycles. The van der Waals surface area contributed by atoms with Gasteiger partial charge in [0.2, 0.25) is 0 Å². The first kappa shape index (κ1) is 26.9. The van der Waals surface area contributed by atoms with Crippen LogP contribution in [0.25, 0.3) is 11.8 Å². The van der Waals surface area contributed by atoms with Gasteiger partial charge in [0.15, 0.2) is 5.84 Å². The fourth-order valence-electron chi connectivity index (χ4n) is 3.85. The first-order valence-corrected chi connectivity index (χ1v) is 12.0. The molecule has 0 bridgehead atoms. The van der Waals surface area contributed by atoms with Gasteiger partial charge in [-0.05, 0) is 68.7 Å². The maximum atomic E-state index is 13.5. The highest BCUT2D eigenvalue weighted by molar-refractivity contribution is 5.96. The van der Waals surface area contributed by atoms with Crippen LogP contribution in [0, 0.1) is 12.7 Å². The molecule has 0 aliphatic heterocycles. The number of nitrogens with zero attached hydrogens (tertiary/aromatic N) is 4. The molecule has 8 heteroatoms. The van der Waals surface area contributed by atoms with E-state index in [9.17, 15) is 4.39 Å². The Morgan fingerprint density at radius 3 is 2.61 bits per heavy atom. The molecule has 36 heavy (non-hydrogen) atoms. The Morgan fingerprint density at radius 1 is 1.19 bits per heavy atom. The number of hydrogen-bond acceptors (Lipinski definition) is 5. The van der Waals surface area contributed by atoms with Crippen LogP contribution in [0.1, 0.15) is 43.1 Å². The van der Waals surface area contributed by atoms with Crippen LogP contribution >= 0.6 is 0 Å². The Bertz CT molecular complexity index is 1160. The van der Waals surface area contributed by atoms with E-state index in [0.29, 0.717) is 25.6 Å². The summed E-state index contributed by atoms with van der Waals surface area (Å²) in [5.41, 5.74) is 3.77. The highest BCUT2D eigenvalue weighted by Gasteiger charge is 2.19. The predicted octanol–water partition coefficient (Wildman–Crippen LogP) is 5.79. The lowest BCUT2D eigenvalue weighted by molar-refractivity contribution is 0.148. The van der Waals surface area contributed by atoms with Crippen molar-refractivity contribution in [2.24, 2.45) is 5.16 Å². The van der Waals surface area contributed by atoms with Crippen molar-refractivity contribution < 1.29 is 18.7 Å². The largest absolute Gasteiger partial charge is 0.495 e. The van der Waals surface area contributed by atoms with E-state index in [1.165, 1.54) is 12.1 Å². The first-order chi connectivity index (χ1) is 17.5. The van der Waals surface area contributed by atoms with Crippen molar-refractivity contribution in [3.63, 3.8) is 0 Å². The van der Waals surface area contributed by atoms with E-state index >= 15 is 0 Å². The Balaban J connectivity index is 1.92. The number of hydrogen-bond donors (Lipinski definition) is 0. The van der Waals surface area contributed by atoms with Gasteiger partial charge in [0.05, 0.1) is 30.9 Å². The molecule has 1 aromatic heterocycles. The van der Waals surface area contributed by atoms with Gasteiger partial charge in [-0.3, -0.25) is 0 Å². The quantitative estimate of drug-likeness (QED) is 0.138. The Hall–Kier alpha value is -3.65. The van der Waals surface area contributed by atoms with Gasteiger partial charge in [-0.2, -0.15) is 0 Å². The molecule has 1 atom stereocenters. The summed E-state index contributed by atoms with van der Waals surface area (Å²) in [7, 11) is 3.34. The maximum absolute atomic E-state index is 13.5. The van der Waals surface area contributed by atoms with Crippen molar-refractivity contribution in [1.82, 2.24) is 14.5 Å². The zero-order chi connectivity index (χ0) is 25.9. The van der Waals surface area contributed by atoms with E-state index in [1.807, 2.05) is 55.0 Å². The van der Waals surface area contributed by atoms with E-state index in [-0.39, 0.29) is 11.9 Å². The van der Waals surface area contributed by atoms with Gasteiger partial charge in [0.1, 0.15) is 18.2 Å². The third kappa shape index (κ3) is 7.18. The fourth-order valence-corrected chi connectivity index (χ4v) is 3.85. The minimum Gasteiger partial charge on any atom is -0.495 e. The minimum atomic E-state index is -0.261. The van der Waals surface area contributed by atoms with Gasteiger partial charge >= 0.3 is 0 Å². The number of halogens is 1. The van der Waals surface area contributed by atoms with Gasteiger partial charge in [-0.25, -0.2) is 9.37 Å². The normalized spacial score (nSPS) is 12.7. The van der Waals surface area contributed by atoms with Crippen LogP contribution in [-0.4, -0.2) is 54.3 Å². The smallest absolute Gasteiger partial charge is 0.168 e. The van der Waals surface area contributed by atoms with Crippen LogP contribution in [0.15, 0.2) is 66.2 Å². The van der Waals surface area contributed by atoms with Gasteiger partial charge < -0.3 is 23.8 Å². The number of oxime groups is 1. The van der Waals surface area contributed by atoms with Crippen molar-refractivity contribution >= 4 is 11.9 Å². The van der Waals surface area contributed by atoms with E-state index in [2.05, 4.69) is 22.0 Å². The summed E-state index contributed by atoms with van der Waals surface area (Å²) in [6.07, 6.45) is 8.43. The van der Waals surface area contributed by atoms with Crippen LogP contribution in [0.5, 0.6) is 5.75 Å². The molecule has 0 spiro atoms. The molecule has 0 fully saturated rings. The molecule has 0 aliphatic carbocycles. The van der Waals surface area contributed by atoms with E-state index < -0.39 is 0 Å². The molecule has 0 aliphatic rings. The number of aryl methyl sites for hydroxylation is 1. The minimum absolute atomic E-state index is 0.0623. The van der Waals surface area contributed by atoms with E-state index in [0.717, 1.165) is 34.7 Å². The molecule has 0 amide bonds. The van der Waals surface area contributed by atoms with Crippen LogP contribution in [0.3, 0.4) is 0 Å². The van der Waals surface area contributed by atoms with Crippen molar-refractivity contribution in [3.05, 3.63) is 83.7 Å². The Labute approximate surface area is 212 Å². The summed E-state index contributed by atoms with van der Waals surface area (Å²) < 4.78 is 26.4. The highest BCUT2D eigenvalue weighted by atomic mass is 19.1. The van der Waals surface area contributed by atoms with Crippen molar-refractivity contribution in [3.8, 4) is 11.4 Å². The number of ether oxygens (including phenoxy) is 2. The summed E-state index contributed by atoms with van der Waals surface area (Å²) in [6, 6.07) is 12.5.